The number of halogens is 6. The number of anilines is 1. The lowest BCUT2D eigenvalue weighted by Gasteiger charge is -2.32. The van der Waals surface area contributed by atoms with Crippen molar-refractivity contribution in [3.8, 4) is 5.75 Å². The highest BCUT2D eigenvalue weighted by atomic mass is 19.4. The van der Waals surface area contributed by atoms with E-state index < -0.39 is 30.3 Å². The Bertz CT molecular complexity index is 1330. The molecule has 0 spiro atoms. The van der Waals surface area contributed by atoms with Crippen molar-refractivity contribution in [2.45, 2.75) is 38.0 Å². The summed E-state index contributed by atoms with van der Waals surface area (Å²) >= 11 is 0. The SMILES string of the molecule is N=C(NO)c1ccc(CCC(=O)O)c(OCCNC(=O)C2CCN(c3ccncc3)CC2)c1.O=C(O)C(F)(F)F.O=C(O)C(F)(F)F. The molecule has 2 aromatic rings. The highest BCUT2D eigenvalue weighted by molar-refractivity contribution is 5.96. The number of carboxylic acids is 3. The monoisotopic (exact) mass is 683 g/mol. The Morgan fingerprint density at radius 1 is 0.936 bits per heavy atom. The Morgan fingerprint density at radius 2 is 1.47 bits per heavy atom. The Balaban J connectivity index is 0.000000658. The highest BCUT2D eigenvalue weighted by Crippen LogP contribution is 2.24. The van der Waals surface area contributed by atoms with Gasteiger partial charge in [-0.1, -0.05) is 12.1 Å². The van der Waals surface area contributed by atoms with Crippen LogP contribution in [0.15, 0.2) is 42.7 Å². The summed E-state index contributed by atoms with van der Waals surface area (Å²) in [5.41, 5.74) is 3.98. The van der Waals surface area contributed by atoms with Gasteiger partial charge in [-0.3, -0.25) is 30.7 Å². The number of rotatable bonds is 10. The number of hydroxylamine groups is 1. The maximum atomic E-state index is 12.6. The molecule has 1 aliphatic heterocycles. The molecule has 0 atom stereocenters. The molecule has 0 aliphatic carbocycles. The van der Waals surface area contributed by atoms with Gasteiger partial charge in [-0.2, -0.15) is 26.3 Å². The highest BCUT2D eigenvalue weighted by Gasteiger charge is 2.38. The molecule has 47 heavy (non-hydrogen) atoms. The largest absolute Gasteiger partial charge is 0.491 e. The molecule has 1 aromatic heterocycles. The standard InChI is InChI=1S/C23H29N5O5.2C2HF3O2/c24-22(27-32)18-2-1-16(3-4-21(29)30)20(15-18)33-14-11-26-23(31)17-7-12-28(13-8-17)19-5-9-25-10-6-19;2*3-2(4,5)1(6)7/h1-2,5-6,9-10,15,17,32H,3-4,7-8,11-14H2,(H2,24,27)(H,26,31)(H,29,30);2*(H,6,7). The predicted octanol–water partition coefficient (Wildman–Crippen LogP) is 3.08. The van der Waals surface area contributed by atoms with E-state index >= 15 is 0 Å². The molecular formula is C27H31F6N5O9. The van der Waals surface area contributed by atoms with Gasteiger partial charge < -0.3 is 30.3 Å². The molecular weight excluding hydrogens is 652 g/mol. The van der Waals surface area contributed by atoms with E-state index in [4.69, 9.17) is 40.3 Å². The van der Waals surface area contributed by atoms with Gasteiger partial charge in [-0.05, 0) is 43.0 Å². The Morgan fingerprint density at radius 3 is 1.94 bits per heavy atom. The number of nitrogens with one attached hydrogen (secondary N) is 3. The first-order valence-corrected chi connectivity index (χ1v) is 13.4. The quantitative estimate of drug-likeness (QED) is 0.0631. The van der Waals surface area contributed by atoms with Gasteiger partial charge >= 0.3 is 30.3 Å². The maximum Gasteiger partial charge on any atom is 0.490 e. The zero-order valence-electron chi connectivity index (χ0n) is 24.3. The number of carbonyl (C=O) groups excluding carboxylic acids is 1. The van der Waals surface area contributed by atoms with Gasteiger partial charge in [0.1, 0.15) is 18.2 Å². The fourth-order valence-corrected chi connectivity index (χ4v) is 3.79. The number of carbonyl (C=O) groups is 4. The average molecular weight is 684 g/mol. The zero-order chi connectivity index (χ0) is 35.8. The Labute approximate surface area is 262 Å². The first-order chi connectivity index (χ1) is 21.9. The number of pyridine rings is 1. The lowest BCUT2D eigenvalue weighted by Crippen LogP contribution is -2.41. The van der Waals surface area contributed by atoms with Crippen molar-refractivity contribution in [2.75, 3.05) is 31.1 Å². The van der Waals surface area contributed by atoms with Crippen LogP contribution < -0.4 is 20.4 Å². The van der Waals surface area contributed by atoms with Crippen LogP contribution in [0, 0.1) is 11.3 Å². The minimum Gasteiger partial charge on any atom is -0.491 e. The van der Waals surface area contributed by atoms with Crippen LogP contribution in [0.25, 0.3) is 0 Å². The molecule has 1 amide bonds. The number of hydrogen-bond donors (Lipinski definition) is 7. The summed E-state index contributed by atoms with van der Waals surface area (Å²) < 4.78 is 69.3. The minimum absolute atomic E-state index is 0.000844. The zero-order valence-corrected chi connectivity index (χ0v) is 24.3. The Hall–Kier alpha value is -5.14. The van der Waals surface area contributed by atoms with Crippen LogP contribution in [0.4, 0.5) is 32.0 Å². The van der Waals surface area contributed by atoms with E-state index in [1.807, 2.05) is 12.1 Å². The molecule has 7 N–H and O–H groups in total. The number of nitrogens with zero attached hydrogens (tertiary/aromatic N) is 2. The van der Waals surface area contributed by atoms with Gasteiger partial charge in [0.2, 0.25) is 5.91 Å². The molecule has 0 radical (unpaired) electrons. The van der Waals surface area contributed by atoms with E-state index in [2.05, 4.69) is 15.2 Å². The second-order valence-corrected chi connectivity index (χ2v) is 9.42. The summed E-state index contributed by atoms with van der Waals surface area (Å²) in [5.74, 6) is -6.26. The number of carboxylic acid groups (broad SMARTS) is 3. The van der Waals surface area contributed by atoms with Crippen molar-refractivity contribution in [3.63, 3.8) is 0 Å². The third-order valence-electron chi connectivity index (χ3n) is 6.11. The molecule has 1 fully saturated rings. The molecule has 3 rings (SSSR count). The molecule has 1 aliphatic rings. The summed E-state index contributed by atoms with van der Waals surface area (Å²) in [6.07, 6.45) is -4.88. The van der Waals surface area contributed by atoms with E-state index in [0.29, 0.717) is 23.4 Å². The van der Waals surface area contributed by atoms with E-state index in [1.54, 1.807) is 36.1 Å². The lowest BCUT2D eigenvalue weighted by atomic mass is 9.95. The van der Waals surface area contributed by atoms with Crippen LogP contribution in [-0.4, -0.2) is 93.8 Å². The minimum atomic E-state index is -5.08. The third-order valence-corrected chi connectivity index (χ3v) is 6.11. The number of amides is 1. The van der Waals surface area contributed by atoms with Gasteiger partial charge in [0.15, 0.2) is 0 Å². The number of ether oxygens (including phenoxy) is 1. The molecule has 0 saturated carbocycles. The van der Waals surface area contributed by atoms with Gasteiger partial charge in [0.25, 0.3) is 0 Å². The van der Waals surface area contributed by atoms with E-state index in [0.717, 1.165) is 31.6 Å². The first-order valence-electron chi connectivity index (χ1n) is 13.4. The number of piperidine rings is 1. The van der Waals surface area contributed by atoms with Crippen molar-refractivity contribution >= 4 is 35.3 Å². The normalized spacial score (nSPS) is 13.1. The summed E-state index contributed by atoms with van der Waals surface area (Å²) in [6, 6.07) is 8.79. The fraction of sp³-hybridized carbons (Fsp3) is 0.407. The molecule has 2 heterocycles. The molecule has 20 heteroatoms. The number of aromatic nitrogens is 1. The van der Waals surface area contributed by atoms with Crippen molar-refractivity contribution in [3.05, 3.63) is 53.9 Å². The van der Waals surface area contributed by atoms with Crippen LogP contribution in [0.5, 0.6) is 5.75 Å². The molecule has 0 unspecified atom stereocenters. The number of amidine groups is 1. The number of benzene rings is 1. The van der Waals surface area contributed by atoms with Gasteiger partial charge in [-0.15, -0.1) is 0 Å². The van der Waals surface area contributed by atoms with Gasteiger partial charge in [0.05, 0.1) is 6.54 Å². The number of hydrogen-bond acceptors (Lipinski definition) is 9. The Kier molecular flexibility index (Phi) is 15.9. The summed E-state index contributed by atoms with van der Waals surface area (Å²) in [5, 5.41) is 42.8. The van der Waals surface area contributed by atoms with Crippen LogP contribution in [0.3, 0.4) is 0 Å². The summed E-state index contributed by atoms with van der Waals surface area (Å²) in [6.45, 7) is 2.12. The third kappa shape index (κ3) is 15.1. The average Bonchev–Trinajstić information content (AvgIpc) is 3.02. The second kappa shape index (κ2) is 18.7. The first kappa shape index (κ1) is 39.9. The maximum absolute atomic E-state index is 12.6. The van der Waals surface area contributed by atoms with Crippen LogP contribution >= 0.6 is 0 Å². The lowest BCUT2D eigenvalue weighted by molar-refractivity contribution is -0.193. The van der Waals surface area contributed by atoms with E-state index in [-0.39, 0.29) is 37.1 Å². The number of alkyl halides is 6. The van der Waals surface area contributed by atoms with E-state index in [1.165, 1.54) is 0 Å². The number of aryl methyl sites for hydroxylation is 1. The smallest absolute Gasteiger partial charge is 0.490 e. The van der Waals surface area contributed by atoms with Crippen molar-refractivity contribution in [1.82, 2.24) is 15.8 Å². The molecule has 0 bridgehead atoms. The predicted molar refractivity (Wildman–Crippen MR) is 149 cm³/mol. The topological polar surface area (TPSA) is 222 Å². The van der Waals surface area contributed by atoms with Crippen molar-refractivity contribution < 1.29 is 70.8 Å². The second-order valence-electron chi connectivity index (χ2n) is 9.42. The van der Waals surface area contributed by atoms with Gasteiger partial charge in [0, 0.05) is 49.1 Å². The van der Waals surface area contributed by atoms with Crippen molar-refractivity contribution in [1.29, 1.82) is 5.41 Å². The molecule has 1 aromatic carbocycles. The van der Waals surface area contributed by atoms with E-state index in [9.17, 15) is 35.9 Å². The van der Waals surface area contributed by atoms with Gasteiger partial charge in [-0.25, -0.2) is 9.59 Å². The van der Waals surface area contributed by atoms with Crippen LogP contribution in [0.2, 0.25) is 0 Å². The van der Waals surface area contributed by atoms with Crippen LogP contribution in [-0.2, 0) is 25.6 Å². The van der Waals surface area contributed by atoms with Crippen LogP contribution in [0.1, 0.15) is 30.4 Å². The fourth-order valence-electron chi connectivity index (χ4n) is 3.79. The van der Waals surface area contributed by atoms with Crippen molar-refractivity contribution in [2.24, 2.45) is 5.92 Å². The number of aliphatic carboxylic acids is 3. The molecule has 260 valence electrons. The molecule has 1 saturated heterocycles. The summed E-state index contributed by atoms with van der Waals surface area (Å²) in [7, 11) is 0. The molecule has 14 nitrogen and oxygen atoms in total. The summed E-state index contributed by atoms with van der Waals surface area (Å²) in [4.78, 5) is 47.6.